The molecule has 2 rings (SSSR count). The van der Waals surface area contributed by atoms with Crippen molar-refractivity contribution in [1.82, 2.24) is 0 Å². The van der Waals surface area contributed by atoms with E-state index < -0.39 is 0 Å². The van der Waals surface area contributed by atoms with Gasteiger partial charge in [0.15, 0.2) is 0 Å². The van der Waals surface area contributed by atoms with Crippen molar-refractivity contribution < 1.29 is 9.47 Å². The van der Waals surface area contributed by atoms with Crippen LogP contribution in [-0.2, 0) is 16.1 Å². The number of nitrogens with zero attached hydrogens (tertiary/aromatic N) is 3. The maximum Gasteiger partial charge on any atom is 0.112 e. The van der Waals surface area contributed by atoms with Crippen LogP contribution in [0, 0.1) is 11.8 Å². The molecule has 1 saturated heterocycles. The van der Waals surface area contributed by atoms with E-state index in [1.54, 1.807) is 11.8 Å². The summed E-state index contributed by atoms with van der Waals surface area (Å²) in [6.07, 6.45) is 0.0305. The third-order valence-electron chi connectivity index (χ3n) is 4.45. The first-order valence-corrected chi connectivity index (χ1v) is 9.15. The highest BCUT2D eigenvalue weighted by molar-refractivity contribution is 7.99. The van der Waals surface area contributed by atoms with E-state index in [0.29, 0.717) is 13.2 Å². The van der Waals surface area contributed by atoms with Gasteiger partial charge in [0.05, 0.1) is 25.4 Å². The summed E-state index contributed by atoms with van der Waals surface area (Å²) in [6.45, 7) is 7.52. The zero-order valence-corrected chi connectivity index (χ0v) is 14.8. The fourth-order valence-electron chi connectivity index (χ4n) is 2.85. The number of hydrogen-bond donors (Lipinski definition) is 0. The van der Waals surface area contributed by atoms with Gasteiger partial charge in [-0.25, -0.2) is 0 Å². The molecule has 5 nitrogen and oxygen atoms in total. The monoisotopic (exact) mass is 335 g/mol. The van der Waals surface area contributed by atoms with Gasteiger partial charge in [0.1, 0.15) is 5.44 Å². The normalized spacial score (nSPS) is 30.7. The van der Waals surface area contributed by atoms with Crippen molar-refractivity contribution in [2.45, 2.75) is 45.0 Å². The average Bonchev–Trinajstić information content (AvgIpc) is 2.57. The lowest BCUT2D eigenvalue weighted by molar-refractivity contribution is -0.110. The SMILES string of the molecule is CCS[C@@H]1OC(COCc2ccccc2)[C@H](C)[C@H](C)C1N=[N+]=[N-]. The van der Waals surface area contributed by atoms with Crippen LogP contribution in [0.1, 0.15) is 26.3 Å². The highest BCUT2D eigenvalue weighted by Gasteiger charge is 2.41. The van der Waals surface area contributed by atoms with E-state index in [1.165, 1.54) is 0 Å². The molecule has 6 heteroatoms. The maximum absolute atomic E-state index is 8.81. The van der Waals surface area contributed by atoms with Gasteiger partial charge in [-0.3, -0.25) is 0 Å². The predicted molar refractivity (Wildman–Crippen MR) is 94.2 cm³/mol. The van der Waals surface area contributed by atoms with E-state index in [0.717, 1.165) is 11.3 Å². The number of azide groups is 1. The minimum atomic E-state index is -0.120. The van der Waals surface area contributed by atoms with Crippen LogP contribution >= 0.6 is 11.8 Å². The molecule has 126 valence electrons. The number of hydrogen-bond acceptors (Lipinski definition) is 4. The first kappa shape index (κ1) is 18.1. The van der Waals surface area contributed by atoms with E-state index in [2.05, 4.69) is 42.9 Å². The number of rotatable bonds is 7. The van der Waals surface area contributed by atoms with Gasteiger partial charge in [-0.2, -0.15) is 0 Å². The van der Waals surface area contributed by atoms with Crippen LogP contribution in [0.15, 0.2) is 35.4 Å². The van der Waals surface area contributed by atoms with Crippen LogP contribution in [0.4, 0.5) is 0 Å². The maximum atomic E-state index is 8.81. The molecule has 0 N–H and O–H groups in total. The zero-order chi connectivity index (χ0) is 16.7. The molecule has 2 unspecified atom stereocenters. The zero-order valence-electron chi connectivity index (χ0n) is 14.0. The summed E-state index contributed by atoms with van der Waals surface area (Å²) in [5.41, 5.74) is 9.88. The largest absolute Gasteiger partial charge is 0.374 e. The molecule has 0 aromatic heterocycles. The molecule has 0 bridgehead atoms. The molecule has 0 aliphatic carbocycles. The highest BCUT2D eigenvalue weighted by atomic mass is 32.2. The summed E-state index contributed by atoms with van der Waals surface area (Å²) < 4.78 is 12.0. The first-order valence-electron chi connectivity index (χ1n) is 8.10. The Morgan fingerprint density at radius 1 is 1.26 bits per heavy atom. The second-order valence-electron chi connectivity index (χ2n) is 5.91. The fraction of sp³-hybridized carbons (Fsp3) is 0.647. The molecule has 0 spiro atoms. The molecule has 1 fully saturated rings. The minimum absolute atomic E-state index is 0.0305. The van der Waals surface area contributed by atoms with Gasteiger partial charge in [-0.1, -0.05) is 56.2 Å². The van der Waals surface area contributed by atoms with Crippen LogP contribution in [-0.4, -0.2) is 29.9 Å². The lowest BCUT2D eigenvalue weighted by atomic mass is 9.83. The lowest BCUT2D eigenvalue weighted by Crippen LogP contribution is -2.48. The van der Waals surface area contributed by atoms with Crippen LogP contribution in [0.3, 0.4) is 0 Å². The average molecular weight is 335 g/mol. The van der Waals surface area contributed by atoms with Crippen molar-refractivity contribution >= 4 is 11.8 Å². The molecular weight excluding hydrogens is 310 g/mol. The quantitative estimate of drug-likeness (QED) is 0.414. The topological polar surface area (TPSA) is 67.2 Å². The molecule has 1 aliphatic rings. The summed E-state index contributed by atoms with van der Waals surface area (Å²) in [5, 5.41) is 3.97. The second-order valence-corrected chi connectivity index (χ2v) is 7.29. The highest BCUT2D eigenvalue weighted by Crippen LogP contribution is 2.37. The summed E-state index contributed by atoms with van der Waals surface area (Å²) in [7, 11) is 0. The van der Waals surface area contributed by atoms with Crippen molar-refractivity contribution in [1.29, 1.82) is 0 Å². The van der Waals surface area contributed by atoms with Crippen LogP contribution in [0.2, 0.25) is 0 Å². The Bertz CT molecular complexity index is 522. The predicted octanol–water partition coefficient (Wildman–Crippen LogP) is 4.63. The van der Waals surface area contributed by atoms with Crippen LogP contribution in [0.5, 0.6) is 0 Å². The Morgan fingerprint density at radius 3 is 2.65 bits per heavy atom. The van der Waals surface area contributed by atoms with Crippen molar-refractivity contribution in [3.05, 3.63) is 46.3 Å². The van der Waals surface area contributed by atoms with Gasteiger partial charge in [0.25, 0.3) is 0 Å². The molecule has 1 aliphatic heterocycles. The number of thioether (sulfide) groups is 1. The van der Waals surface area contributed by atoms with Gasteiger partial charge < -0.3 is 9.47 Å². The minimum Gasteiger partial charge on any atom is -0.374 e. The third-order valence-corrected chi connectivity index (χ3v) is 5.50. The molecule has 5 atom stereocenters. The van der Waals surface area contributed by atoms with Crippen molar-refractivity contribution in [3.63, 3.8) is 0 Å². The Labute approximate surface area is 142 Å². The summed E-state index contributed by atoms with van der Waals surface area (Å²) in [6, 6.07) is 10.0. The smallest absolute Gasteiger partial charge is 0.112 e. The number of benzene rings is 1. The van der Waals surface area contributed by atoms with Gasteiger partial charge >= 0.3 is 0 Å². The van der Waals surface area contributed by atoms with E-state index in [9.17, 15) is 0 Å². The van der Waals surface area contributed by atoms with Crippen molar-refractivity contribution in [2.75, 3.05) is 12.4 Å². The Hall–Kier alpha value is -1.20. The standard InChI is InChI=1S/C17H25N3O2S/c1-4-23-17-16(19-20-18)13(3)12(2)15(22-17)11-21-10-14-8-6-5-7-9-14/h5-9,12-13,15-17H,4,10-11H2,1-3H3/t12-,13+,15?,16?,17+/m1/s1. The molecular formula is C17H25N3O2S. The molecule has 23 heavy (non-hydrogen) atoms. The summed E-state index contributed by atoms with van der Waals surface area (Å²) in [4.78, 5) is 3.00. The van der Waals surface area contributed by atoms with Crippen LogP contribution in [0.25, 0.3) is 10.4 Å². The molecule has 0 saturated carbocycles. The Balaban J connectivity index is 1.94. The van der Waals surface area contributed by atoms with Crippen molar-refractivity contribution in [2.24, 2.45) is 17.0 Å². The van der Waals surface area contributed by atoms with E-state index in [1.807, 2.05) is 18.2 Å². The van der Waals surface area contributed by atoms with E-state index in [-0.39, 0.29) is 29.4 Å². The molecule has 1 aromatic rings. The van der Waals surface area contributed by atoms with E-state index >= 15 is 0 Å². The second kappa shape index (κ2) is 9.18. The molecule has 1 aromatic carbocycles. The number of ether oxygens (including phenoxy) is 2. The third kappa shape index (κ3) is 4.88. The van der Waals surface area contributed by atoms with Crippen molar-refractivity contribution in [3.8, 4) is 0 Å². The summed E-state index contributed by atoms with van der Waals surface area (Å²) in [5.74, 6) is 1.49. The van der Waals surface area contributed by atoms with Gasteiger partial charge in [0.2, 0.25) is 0 Å². The fourth-order valence-corrected chi connectivity index (χ4v) is 3.90. The Kier molecular flexibility index (Phi) is 7.24. The van der Waals surface area contributed by atoms with Crippen LogP contribution < -0.4 is 0 Å². The molecule has 1 heterocycles. The first-order chi connectivity index (χ1) is 11.2. The Morgan fingerprint density at radius 2 is 2.00 bits per heavy atom. The molecule has 0 amide bonds. The van der Waals surface area contributed by atoms with Gasteiger partial charge in [-0.05, 0) is 28.7 Å². The summed E-state index contributed by atoms with van der Waals surface area (Å²) >= 11 is 1.70. The van der Waals surface area contributed by atoms with Gasteiger partial charge in [0, 0.05) is 4.91 Å². The molecule has 0 radical (unpaired) electrons. The lowest BCUT2D eigenvalue weighted by Gasteiger charge is -2.42. The van der Waals surface area contributed by atoms with Gasteiger partial charge in [-0.15, -0.1) is 11.8 Å². The van der Waals surface area contributed by atoms with E-state index in [4.69, 9.17) is 15.0 Å².